The van der Waals surface area contributed by atoms with Crippen LogP contribution in [0.2, 0.25) is 0 Å². The molecule has 8 heteroatoms. The van der Waals surface area contributed by atoms with Gasteiger partial charge in [0.15, 0.2) is 0 Å². The standard InChI is InChI=1S/C22H20FN7/c23-16-2-3-20-18(11-16)22(26-14-25-20)28-9-5-19-15(13-28)10-17(12-24-19)29-7-1-8-30-21(29)4-6-27-30/h2-4,6,10-12,14H,1,5,7-9,13H2. The van der Waals surface area contributed by atoms with E-state index >= 15 is 0 Å². The molecule has 0 saturated carbocycles. The fraction of sp³-hybridized carbons (Fsp3) is 0.273. The fourth-order valence-electron chi connectivity index (χ4n) is 4.49. The van der Waals surface area contributed by atoms with E-state index in [2.05, 4.69) is 30.9 Å². The number of halogens is 1. The Hall–Kier alpha value is -3.55. The van der Waals surface area contributed by atoms with Crippen LogP contribution in [-0.2, 0) is 19.5 Å². The van der Waals surface area contributed by atoms with E-state index in [1.54, 1.807) is 12.4 Å². The molecular weight excluding hydrogens is 381 g/mol. The van der Waals surface area contributed by atoms with E-state index in [1.165, 1.54) is 17.7 Å². The Morgan fingerprint density at radius 1 is 0.967 bits per heavy atom. The SMILES string of the molecule is Fc1ccc2ncnc(N3CCc4ncc(N5CCCn6nccc65)cc4C3)c2c1. The Morgan fingerprint density at radius 2 is 1.93 bits per heavy atom. The second-order valence-electron chi connectivity index (χ2n) is 7.75. The molecule has 5 heterocycles. The Balaban J connectivity index is 1.36. The highest BCUT2D eigenvalue weighted by atomic mass is 19.1. The molecular formula is C22H20FN7. The zero-order chi connectivity index (χ0) is 20.1. The fourth-order valence-corrected chi connectivity index (χ4v) is 4.49. The average molecular weight is 401 g/mol. The van der Waals surface area contributed by atoms with Crippen LogP contribution < -0.4 is 9.80 Å². The zero-order valence-corrected chi connectivity index (χ0v) is 16.4. The molecule has 0 saturated heterocycles. The van der Waals surface area contributed by atoms with Crippen LogP contribution >= 0.6 is 0 Å². The van der Waals surface area contributed by atoms with Crippen LogP contribution in [0.4, 0.5) is 21.7 Å². The minimum absolute atomic E-state index is 0.276. The number of hydrogen-bond acceptors (Lipinski definition) is 6. The molecule has 0 spiro atoms. The minimum Gasteiger partial charge on any atom is -0.351 e. The number of rotatable bonds is 2. The van der Waals surface area contributed by atoms with E-state index < -0.39 is 0 Å². The van der Waals surface area contributed by atoms with E-state index in [0.29, 0.717) is 6.54 Å². The van der Waals surface area contributed by atoms with Gasteiger partial charge >= 0.3 is 0 Å². The lowest BCUT2D eigenvalue weighted by Gasteiger charge is -2.32. The van der Waals surface area contributed by atoms with Gasteiger partial charge in [0, 0.05) is 49.7 Å². The van der Waals surface area contributed by atoms with Crippen molar-refractivity contribution in [3.8, 4) is 0 Å². The van der Waals surface area contributed by atoms with Crippen molar-refractivity contribution in [3.05, 3.63) is 66.1 Å². The van der Waals surface area contributed by atoms with Crippen LogP contribution in [0.1, 0.15) is 17.7 Å². The lowest BCUT2D eigenvalue weighted by Crippen LogP contribution is -2.33. The van der Waals surface area contributed by atoms with E-state index in [0.717, 1.165) is 66.4 Å². The van der Waals surface area contributed by atoms with Gasteiger partial charge in [-0.2, -0.15) is 5.10 Å². The first-order valence-corrected chi connectivity index (χ1v) is 10.2. The van der Waals surface area contributed by atoms with Crippen molar-refractivity contribution in [1.29, 1.82) is 0 Å². The molecule has 4 aromatic rings. The molecule has 3 aromatic heterocycles. The third-order valence-electron chi connectivity index (χ3n) is 5.94. The number of aromatic nitrogens is 5. The second kappa shape index (κ2) is 6.76. The highest BCUT2D eigenvalue weighted by molar-refractivity contribution is 5.89. The molecule has 1 aromatic carbocycles. The Morgan fingerprint density at radius 3 is 2.90 bits per heavy atom. The van der Waals surface area contributed by atoms with E-state index in [4.69, 9.17) is 4.98 Å². The molecule has 2 aliphatic rings. The molecule has 0 aliphatic carbocycles. The summed E-state index contributed by atoms with van der Waals surface area (Å²) in [4.78, 5) is 18.0. The van der Waals surface area contributed by atoms with Crippen LogP contribution in [-0.4, -0.2) is 37.8 Å². The van der Waals surface area contributed by atoms with E-state index in [-0.39, 0.29) is 5.82 Å². The van der Waals surface area contributed by atoms with Crippen molar-refractivity contribution in [2.75, 3.05) is 22.9 Å². The van der Waals surface area contributed by atoms with Gasteiger partial charge in [0.1, 0.15) is 23.8 Å². The third kappa shape index (κ3) is 2.79. The van der Waals surface area contributed by atoms with Crippen LogP contribution in [0, 0.1) is 5.82 Å². The molecule has 0 N–H and O–H groups in total. The number of nitrogens with zero attached hydrogens (tertiary/aromatic N) is 7. The maximum Gasteiger partial charge on any atom is 0.140 e. The number of fused-ring (bicyclic) bond motifs is 3. The third-order valence-corrected chi connectivity index (χ3v) is 5.94. The van der Waals surface area contributed by atoms with Gasteiger partial charge in [-0.25, -0.2) is 19.0 Å². The topological polar surface area (TPSA) is 63.0 Å². The van der Waals surface area contributed by atoms with Gasteiger partial charge in [-0.1, -0.05) is 0 Å². The summed E-state index contributed by atoms with van der Waals surface area (Å²) in [5.74, 6) is 1.60. The van der Waals surface area contributed by atoms with Crippen LogP contribution in [0.5, 0.6) is 0 Å². The van der Waals surface area contributed by atoms with Crippen molar-refractivity contribution in [2.24, 2.45) is 0 Å². The molecule has 150 valence electrons. The van der Waals surface area contributed by atoms with Crippen LogP contribution in [0.25, 0.3) is 10.9 Å². The summed E-state index contributed by atoms with van der Waals surface area (Å²) in [5, 5.41) is 5.15. The lowest BCUT2D eigenvalue weighted by molar-refractivity contribution is 0.541. The van der Waals surface area contributed by atoms with Crippen molar-refractivity contribution >= 4 is 28.2 Å². The highest BCUT2D eigenvalue weighted by Crippen LogP contribution is 2.32. The smallest absolute Gasteiger partial charge is 0.140 e. The largest absolute Gasteiger partial charge is 0.351 e. The summed E-state index contributed by atoms with van der Waals surface area (Å²) in [7, 11) is 0. The predicted octanol–water partition coefficient (Wildman–Crippen LogP) is 3.46. The summed E-state index contributed by atoms with van der Waals surface area (Å²) in [5.41, 5.74) is 4.12. The number of pyridine rings is 1. The Bertz CT molecular complexity index is 1250. The van der Waals surface area contributed by atoms with E-state index in [9.17, 15) is 4.39 Å². The number of aryl methyl sites for hydroxylation is 1. The maximum atomic E-state index is 13.9. The van der Waals surface area contributed by atoms with Gasteiger partial charge in [-0.3, -0.25) is 4.98 Å². The molecule has 2 aliphatic heterocycles. The predicted molar refractivity (Wildman–Crippen MR) is 112 cm³/mol. The molecule has 0 bridgehead atoms. The molecule has 0 radical (unpaired) electrons. The summed E-state index contributed by atoms with van der Waals surface area (Å²) in [6.07, 6.45) is 7.24. The van der Waals surface area contributed by atoms with Gasteiger partial charge in [0.2, 0.25) is 0 Å². The monoisotopic (exact) mass is 401 g/mol. The van der Waals surface area contributed by atoms with Gasteiger partial charge < -0.3 is 9.80 Å². The Labute approximate surface area is 172 Å². The van der Waals surface area contributed by atoms with E-state index in [1.807, 2.05) is 23.1 Å². The first-order valence-electron chi connectivity index (χ1n) is 10.2. The summed E-state index contributed by atoms with van der Waals surface area (Å²) in [6.45, 7) is 3.37. The molecule has 30 heavy (non-hydrogen) atoms. The molecule has 7 nitrogen and oxygen atoms in total. The summed E-state index contributed by atoms with van der Waals surface area (Å²) < 4.78 is 15.9. The normalized spacial score (nSPS) is 15.9. The average Bonchev–Trinajstić information content (AvgIpc) is 3.27. The van der Waals surface area contributed by atoms with Gasteiger partial charge in [-0.15, -0.1) is 0 Å². The van der Waals surface area contributed by atoms with Crippen LogP contribution in [0.3, 0.4) is 0 Å². The summed E-state index contributed by atoms with van der Waals surface area (Å²) >= 11 is 0. The van der Waals surface area contributed by atoms with Gasteiger partial charge in [0.25, 0.3) is 0 Å². The Kier molecular flexibility index (Phi) is 3.90. The number of hydrogen-bond donors (Lipinski definition) is 0. The minimum atomic E-state index is -0.276. The molecule has 0 atom stereocenters. The zero-order valence-electron chi connectivity index (χ0n) is 16.4. The molecule has 0 amide bonds. The molecule has 0 fully saturated rings. The quantitative estimate of drug-likeness (QED) is 0.513. The second-order valence-corrected chi connectivity index (χ2v) is 7.75. The van der Waals surface area contributed by atoms with Crippen molar-refractivity contribution in [3.63, 3.8) is 0 Å². The van der Waals surface area contributed by atoms with Crippen molar-refractivity contribution in [2.45, 2.75) is 25.9 Å². The number of benzene rings is 1. The lowest BCUT2D eigenvalue weighted by atomic mass is 10.0. The van der Waals surface area contributed by atoms with Crippen molar-refractivity contribution in [1.82, 2.24) is 24.7 Å². The summed E-state index contributed by atoms with van der Waals surface area (Å²) in [6, 6.07) is 8.92. The van der Waals surface area contributed by atoms with Gasteiger partial charge in [0.05, 0.1) is 23.6 Å². The van der Waals surface area contributed by atoms with Crippen LogP contribution in [0.15, 0.2) is 49.1 Å². The highest BCUT2D eigenvalue weighted by Gasteiger charge is 2.24. The van der Waals surface area contributed by atoms with Gasteiger partial charge in [-0.05, 0) is 36.2 Å². The van der Waals surface area contributed by atoms with Crippen molar-refractivity contribution < 1.29 is 4.39 Å². The first-order chi connectivity index (χ1) is 14.8. The number of anilines is 3. The maximum absolute atomic E-state index is 13.9. The molecule has 6 rings (SSSR count). The first kappa shape index (κ1) is 17.3. The molecule has 0 unspecified atom stereocenters.